The molecule has 6 heteroatoms. The molecule has 1 atom stereocenters. The smallest absolute Gasteiger partial charge is 0.319 e. The molecule has 2 rings (SSSR count). The lowest BCUT2D eigenvalue weighted by Crippen LogP contribution is -2.39. The van der Waals surface area contributed by atoms with E-state index in [1.165, 1.54) is 0 Å². The number of amides is 2. The molecule has 0 saturated carbocycles. The predicted molar refractivity (Wildman–Crippen MR) is 85.5 cm³/mol. The van der Waals surface area contributed by atoms with Crippen molar-refractivity contribution < 1.29 is 9.90 Å². The minimum absolute atomic E-state index is 0.0758. The summed E-state index contributed by atoms with van der Waals surface area (Å²) in [7, 11) is 0. The van der Waals surface area contributed by atoms with E-state index < -0.39 is 0 Å². The van der Waals surface area contributed by atoms with Crippen molar-refractivity contribution in [2.24, 2.45) is 0 Å². The molecule has 116 valence electrons. The van der Waals surface area contributed by atoms with Crippen LogP contribution in [0.4, 0.5) is 10.5 Å². The van der Waals surface area contributed by atoms with E-state index in [1.807, 2.05) is 32.0 Å². The lowest BCUT2D eigenvalue weighted by atomic mass is 10.2. The molecule has 1 heterocycles. The van der Waals surface area contributed by atoms with E-state index >= 15 is 0 Å². The topological polar surface area (TPSA) is 87.1 Å². The second-order valence-electron chi connectivity index (χ2n) is 4.99. The first-order valence-corrected chi connectivity index (χ1v) is 7.21. The number of aromatic nitrogens is 2. The van der Waals surface area contributed by atoms with E-state index in [9.17, 15) is 4.79 Å². The van der Waals surface area contributed by atoms with Gasteiger partial charge in [0.2, 0.25) is 0 Å². The van der Waals surface area contributed by atoms with Crippen molar-refractivity contribution in [2.45, 2.75) is 26.3 Å². The number of rotatable bonds is 5. The number of benzene rings is 1. The molecular formula is C16H20N4O2. The summed E-state index contributed by atoms with van der Waals surface area (Å²) < 4.78 is 0. The van der Waals surface area contributed by atoms with Gasteiger partial charge in [-0.25, -0.2) is 14.8 Å². The Bertz CT molecular complexity index is 624. The summed E-state index contributed by atoms with van der Waals surface area (Å²) >= 11 is 0. The summed E-state index contributed by atoms with van der Waals surface area (Å²) in [5.74, 6) is 0.655. The molecule has 0 radical (unpaired) electrons. The van der Waals surface area contributed by atoms with Gasteiger partial charge in [-0.15, -0.1) is 0 Å². The zero-order valence-corrected chi connectivity index (χ0v) is 12.7. The number of hydrogen-bond donors (Lipinski definition) is 3. The predicted octanol–water partition coefficient (Wildman–Crippen LogP) is 2.34. The van der Waals surface area contributed by atoms with Gasteiger partial charge in [0.25, 0.3) is 0 Å². The third kappa shape index (κ3) is 4.26. The maximum absolute atomic E-state index is 11.8. The highest BCUT2D eigenvalue weighted by Gasteiger charge is 2.09. The van der Waals surface area contributed by atoms with Crippen LogP contribution in [0.3, 0.4) is 0 Å². The lowest BCUT2D eigenvalue weighted by molar-refractivity contribution is 0.222. The average molecular weight is 300 g/mol. The van der Waals surface area contributed by atoms with Crippen molar-refractivity contribution in [2.75, 3.05) is 11.9 Å². The Morgan fingerprint density at radius 2 is 2.00 bits per heavy atom. The minimum atomic E-state index is -0.333. The third-order valence-corrected chi connectivity index (χ3v) is 3.24. The van der Waals surface area contributed by atoms with Crippen LogP contribution in [0.2, 0.25) is 0 Å². The number of aliphatic hydroxyl groups is 1. The molecule has 6 nitrogen and oxygen atoms in total. The number of hydrogen-bond acceptors (Lipinski definition) is 4. The molecule has 1 aromatic carbocycles. The van der Waals surface area contributed by atoms with Gasteiger partial charge in [-0.3, -0.25) is 0 Å². The molecule has 22 heavy (non-hydrogen) atoms. The van der Waals surface area contributed by atoms with E-state index in [0.717, 1.165) is 11.3 Å². The summed E-state index contributed by atoms with van der Waals surface area (Å²) in [5.41, 5.74) is 2.46. The van der Waals surface area contributed by atoms with Crippen molar-refractivity contribution in [3.63, 3.8) is 0 Å². The van der Waals surface area contributed by atoms with Crippen LogP contribution in [0.1, 0.15) is 19.0 Å². The van der Waals surface area contributed by atoms with Crippen LogP contribution < -0.4 is 10.6 Å². The summed E-state index contributed by atoms with van der Waals surface area (Å²) in [6.07, 6.45) is 2.39. The molecular weight excluding hydrogens is 280 g/mol. The first-order chi connectivity index (χ1) is 10.6. The van der Waals surface area contributed by atoms with Crippen LogP contribution in [0, 0.1) is 6.92 Å². The van der Waals surface area contributed by atoms with Gasteiger partial charge in [0.1, 0.15) is 0 Å². The van der Waals surface area contributed by atoms with Crippen LogP contribution in [-0.4, -0.2) is 33.8 Å². The van der Waals surface area contributed by atoms with Gasteiger partial charge in [-0.1, -0.05) is 6.92 Å². The van der Waals surface area contributed by atoms with Crippen molar-refractivity contribution in [3.05, 3.63) is 42.2 Å². The summed E-state index contributed by atoms with van der Waals surface area (Å²) in [4.78, 5) is 20.4. The van der Waals surface area contributed by atoms with Crippen molar-refractivity contribution in [3.8, 4) is 11.4 Å². The van der Waals surface area contributed by atoms with Crippen molar-refractivity contribution in [1.29, 1.82) is 0 Å². The zero-order chi connectivity index (χ0) is 15.9. The molecule has 0 spiro atoms. The standard InChI is InChI=1S/C16H20N4O2/c1-3-13(10-21)19-16(22)20-14-6-4-12(5-7-14)15-17-9-8-11(2)18-15/h4-9,13,21H,3,10H2,1-2H3,(H2,19,20,22). The summed E-state index contributed by atoms with van der Waals surface area (Å²) in [5, 5.41) is 14.5. The molecule has 1 unspecified atom stereocenters. The SMILES string of the molecule is CCC(CO)NC(=O)Nc1ccc(-c2nccc(C)n2)cc1. The van der Waals surface area contributed by atoms with Gasteiger partial charge in [-0.2, -0.15) is 0 Å². The van der Waals surface area contributed by atoms with Crippen LogP contribution in [0.25, 0.3) is 11.4 Å². The monoisotopic (exact) mass is 300 g/mol. The maximum atomic E-state index is 11.8. The Kier molecular flexibility index (Phi) is 5.43. The Hall–Kier alpha value is -2.47. The molecule has 0 bridgehead atoms. The van der Waals surface area contributed by atoms with Crippen molar-refractivity contribution >= 4 is 11.7 Å². The summed E-state index contributed by atoms with van der Waals surface area (Å²) in [6, 6.07) is 8.57. The fraction of sp³-hybridized carbons (Fsp3) is 0.312. The maximum Gasteiger partial charge on any atom is 0.319 e. The molecule has 0 saturated heterocycles. The average Bonchev–Trinajstić information content (AvgIpc) is 2.53. The van der Waals surface area contributed by atoms with Gasteiger partial charge in [0.05, 0.1) is 12.6 Å². The van der Waals surface area contributed by atoms with Crippen molar-refractivity contribution in [1.82, 2.24) is 15.3 Å². The number of urea groups is 1. The van der Waals surface area contributed by atoms with E-state index in [1.54, 1.807) is 18.3 Å². The largest absolute Gasteiger partial charge is 0.394 e. The zero-order valence-electron chi connectivity index (χ0n) is 12.7. The van der Waals surface area contributed by atoms with Gasteiger partial charge in [0, 0.05) is 23.1 Å². The van der Waals surface area contributed by atoms with Gasteiger partial charge in [-0.05, 0) is 43.7 Å². The number of anilines is 1. The molecule has 2 amide bonds. The first kappa shape index (κ1) is 15.9. The normalized spacial score (nSPS) is 11.8. The second-order valence-corrected chi connectivity index (χ2v) is 4.99. The highest BCUT2D eigenvalue weighted by atomic mass is 16.3. The fourth-order valence-electron chi connectivity index (χ4n) is 1.92. The molecule has 0 aliphatic carbocycles. The minimum Gasteiger partial charge on any atom is -0.394 e. The van der Waals surface area contributed by atoms with Gasteiger partial charge in [0.15, 0.2) is 5.82 Å². The highest BCUT2D eigenvalue weighted by molar-refractivity contribution is 5.89. The lowest BCUT2D eigenvalue weighted by Gasteiger charge is -2.14. The number of carbonyl (C=O) groups is 1. The molecule has 0 fully saturated rings. The fourth-order valence-corrected chi connectivity index (χ4v) is 1.92. The quantitative estimate of drug-likeness (QED) is 0.791. The van der Waals surface area contributed by atoms with E-state index in [2.05, 4.69) is 20.6 Å². The molecule has 1 aromatic heterocycles. The Balaban J connectivity index is 2.01. The highest BCUT2D eigenvalue weighted by Crippen LogP contribution is 2.17. The Labute approximate surface area is 129 Å². The Morgan fingerprint density at radius 3 is 2.59 bits per heavy atom. The molecule has 2 aromatic rings. The molecule has 0 aliphatic rings. The Morgan fingerprint density at radius 1 is 1.27 bits per heavy atom. The van der Waals surface area contributed by atoms with Gasteiger partial charge >= 0.3 is 6.03 Å². The first-order valence-electron chi connectivity index (χ1n) is 7.21. The van der Waals surface area contributed by atoms with Crippen LogP contribution in [-0.2, 0) is 0 Å². The van der Waals surface area contributed by atoms with E-state index in [-0.39, 0.29) is 18.7 Å². The summed E-state index contributed by atoms with van der Waals surface area (Å²) in [6.45, 7) is 3.74. The third-order valence-electron chi connectivity index (χ3n) is 3.24. The second kappa shape index (κ2) is 7.51. The van der Waals surface area contributed by atoms with Crippen LogP contribution >= 0.6 is 0 Å². The molecule has 3 N–H and O–H groups in total. The number of nitrogens with one attached hydrogen (secondary N) is 2. The number of carbonyl (C=O) groups excluding carboxylic acids is 1. The molecule has 0 aliphatic heterocycles. The van der Waals surface area contributed by atoms with E-state index in [4.69, 9.17) is 5.11 Å². The van der Waals surface area contributed by atoms with E-state index in [0.29, 0.717) is 17.9 Å². The van der Waals surface area contributed by atoms with Gasteiger partial charge < -0.3 is 15.7 Å². The number of nitrogens with zero attached hydrogens (tertiary/aromatic N) is 2. The number of aliphatic hydroxyl groups excluding tert-OH is 1. The van der Waals surface area contributed by atoms with Crippen LogP contribution in [0.5, 0.6) is 0 Å². The van der Waals surface area contributed by atoms with Crippen LogP contribution in [0.15, 0.2) is 36.5 Å². The number of aryl methyl sites for hydroxylation is 1.